The highest BCUT2D eigenvalue weighted by molar-refractivity contribution is 6.17. The van der Waals surface area contributed by atoms with E-state index < -0.39 is 0 Å². The summed E-state index contributed by atoms with van der Waals surface area (Å²) in [5.41, 5.74) is 8.72. The zero-order valence-corrected chi connectivity index (χ0v) is 25.2. The minimum absolute atomic E-state index is 0.895. The zero-order chi connectivity index (χ0) is 30.9. The lowest BCUT2D eigenvalue weighted by atomic mass is 10.0. The van der Waals surface area contributed by atoms with Crippen molar-refractivity contribution in [2.45, 2.75) is 0 Å². The highest BCUT2D eigenvalue weighted by atomic mass is 16.3. The van der Waals surface area contributed by atoms with Gasteiger partial charge in [0.05, 0.1) is 5.69 Å². The van der Waals surface area contributed by atoms with Crippen molar-refractivity contribution in [1.29, 1.82) is 0 Å². The Morgan fingerprint density at radius 1 is 0.404 bits per heavy atom. The van der Waals surface area contributed by atoms with Gasteiger partial charge in [-0.15, -0.1) is 0 Å². The van der Waals surface area contributed by atoms with Gasteiger partial charge in [0.1, 0.15) is 22.3 Å². The molecule has 4 heteroatoms. The Bertz CT molecular complexity index is 2640. The van der Waals surface area contributed by atoms with Crippen LogP contribution in [0.4, 0.5) is 17.1 Å². The molecule has 0 amide bonds. The van der Waals surface area contributed by atoms with Crippen LogP contribution < -0.4 is 4.90 Å². The maximum absolute atomic E-state index is 6.47. The molecule has 0 spiro atoms. The second kappa shape index (κ2) is 10.1. The monoisotopic (exact) mass is 602 g/mol. The molecule has 0 aliphatic heterocycles. The molecule has 7 aromatic carbocycles. The molecule has 0 radical (unpaired) electrons. The third-order valence-corrected chi connectivity index (χ3v) is 9.29. The zero-order valence-electron chi connectivity index (χ0n) is 25.2. The number of hydrogen-bond acceptors (Lipinski definition) is 4. The third kappa shape index (κ3) is 4.05. The minimum atomic E-state index is 0.895. The predicted octanol–water partition coefficient (Wildman–Crippen LogP) is 12.3. The molecule has 0 bridgehead atoms. The lowest BCUT2D eigenvalue weighted by molar-refractivity contribution is 0.672. The van der Waals surface area contributed by atoms with Gasteiger partial charge in [-0.2, -0.15) is 0 Å². The predicted molar refractivity (Wildman–Crippen MR) is 194 cm³/mol. The Hall–Kier alpha value is -6.39. The molecule has 0 N–H and O–H groups in total. The molecular formula is C43H26N2O2. The highest BCUT2D eigenvalue weighted by Gasteiger charge is 2.18. The highest BCUT2D eigenvalue weighted by Crippen LogP contribution is 2.42. The van der Waals surface area contributed by atoms with Crippen molar-refractivity contribution >= 4 is 82.5 Å². The number of para-hydroxylation sites is 2. The molecule has 0 aliphatic carbocycles. The fourth-order valence-corrected chi connectivity index (χ4v) is 7.02. The summed E-state index contributed by atoms with van der Waals surface area (Å²) in [4.78, 5) is 6.88. The van der Waals surface area contributed by atoms with Gasteiger partial charge >= 0.3 is 0 Å². The molecule has 0 saturated carbocycles. The Morgan fingerprint density at radius 2 is 0.915 bits per heavy atom. The van der Waals surface area contributed by atoms with Crippen LogP contribution in [0.15, 0.2) is 167 Å². The van der Waals surface area contributed by atoms with Gasteiger partial charge in [-0.3, -0.25) is 4.98 Å². The number of anilines is 3. The van der Waals surface area contributed by atoms with Crippen molar-refractivity contribution in [2.75, 3.05) is 4.90 Å². The van der Waals surface area contributed by atoms with Crippen molar-refractivity contribution < 1.29 is 8.83 Å². The van der Waals surface area contributed by atoms with E-state index in [9.17, 15) is 0 Å². The van der Waals surface area contributed by atoms with Crippen LogP contribution in [0.5, 0.6) is 0 Å². The number of rotatable bonds is 4. The first-order valence-electron chi connectivity index (χ1n) is 15.8. The molecular weight excluding hydrogens is 576 g/mol. The normalized spacial score (nSPS) is 11.8. The topological polar surface area (TPSA) is 42.4 Å². The smallest absolute Gasteiger partial charge is 0.143 e. The van der Waals surface area contributed by atoms with Crippen molar-refractivity contribution in [3.63, 3.8) is 0 Å². The summed E-state index contributed by atoms with van der Waals surface area (Å²) >= 11 is 0. The fraction of sp³-hybridized carbons (Fsp3) is 0. The Labute approximate surface area is 269 Å². The average molecular weight is 603 g/mol. The van der Waals surface area contributed by atoms with Crippen LogP contribution in [-0.4, -0.2) is 4.98 Å². The second-order valence-corrected chi connectivity index (χ2v) is 12.0. The van der Waals surface area contributed by atoms with Gasteiger partial charge in [-0.05, 0) is 83.6 Å². The van der Waals surface area contributed by atoms with E-state index in [4.69, 9.17) is 8.83 Å². The van der Waals surface area contributed by atoms with E-state index in [2.05, 4.69) is 119 Å². The van der Waals surface area contributed by atoms with Crippen molar-refractivity contribution in [1.82, 2.24) is 4.98 Å². The molecule has 4 nitrogen and oxygen atoms in total. The first-order valence-corrected chi connectivity index (χ1v) is 15.8. The second-order valence-electron chi connectivity index (χ2n) is 12.0. The summed E-state index contributed by atoms with van der Waals surface area (Å²) < 4.78 is 12.9. The van der Waals surface area contributed by atoms with Crippen molar-refractivity contribution in [2.24, 2.45) is 0 Å². The van der Waals surface area contributed by atoms with Crippen LogP contribution in [0.3, 0.4) is 0 Å². The standard InChI is InChI=1S/C43H26N2O2/c1-3-10-40-33(7-1)35-22-16-27-12-20-31(25-37(27)42(35)46-40)45(30-18-14-29(15-19-30)39-9-5-6-24-44-39)32-21-13-28-17-23-36-34-8-2-4-11-41(34)47-43(36)38(28)26-32/h1-26H. The van der Waals surface area contributed by atoms with E-state index in [1.165, 1.54) is 0 Å². The molecule has 10 aromatic rings. The molecule has 0 unspecified atom stereocenters. The molecule has 0 aliphatic rings. The van der Waals surface area contributed by atoms with E-state index in [1.807, 2.05) is 48.7 Å². The van der Waals surface area contributed by atoms with Gasteiger partial charge in [0.15, 0.2) is 0 Å². The van der Waals surface area contributed by atoms with Gasteiger partial charge in [0.2, 0.25) is 0 Å². The number of pyridine rings is 1. The number of benzene rings is 7. The van der Waals surface area contributed by atoms with Crippen LogP contribution >= 0.6 is 0 Å². The summed E-state index contributed by atoms with van der Waals surface area (Å²) in [5.74, 6) is 0. The van der Waals surface area contributed by atoms with Crippen LogP contribution in [0.1, 0.15) is 0 Å². The lowest BCUT2D eigenvalue weighted by Crippen LogP contribution is -2.10. The number of aromatic nitrogens is 1. The first kappa shape index (κ1) is 25.9. The Kier molecular flexibility index (Phi) is 5.54. The van der Waals surface area contributed by atoms with Crippen molar-refractivity contribution in [3.05, 3.63) is 158 Å². The quantitative estimate of drug-likeness (QED) is 0.201. The summed E-state index contributed by atoms with van der Waals surface area (Å²) in [5, 5.41) is 8.91. The summed E-state index contributed by atoms with van der Waals surface area (Å²) in [6.45, 7) is 0. The maximum atomic E-state index is 6.47. The van der Waals surface area contributed by atoms with Crippen molar-refractivity contribution in [3.8, 4) is 11.3 Å². The SMILES string of the molecule is c1ccc(-c2ccc(N(c3ccc4ccc5c6ccccc6oc5c4c3)c3ccc4ccc5c6ccccc6oc5c4c3)cc2)nc1. The van der Waals surface area contributed by atoms with Crippen LogP contribution in [0.2, 0.25) is 0 Å². The number of furan rings is 2. The molecule has 0 atom stereocenters. The van der Waals surface area contributed by atoms with E-state index >= 15 is 0 Å². The number of fused-ring (bicyclic) bond motifs is 10. The Balaban J connectivity index is 1.21. The molecule has 3 aromatic heterocycles. The minimum Gasteiger partial charge on any atom is -0.455 e. The summed E-state index contributed by atoms with van der Waals surface area (Å²) in [6.07, 6.45) is 1.83. The lowest BCUT2D eigenvalue weighted by Gasteiger charge is -2.26. The van der Waals surface area contributed by atoms with E-state index in [1.54, 1.807) is 0 Å². The summed E-state index contributed by atoms with van der Waals surface area (Å²) in [7, 11) is 0. The molecule has 0 saturated heterocycles. The largest absolute Gasteiger partial charge is 0.455 e. The van der Waals surface area contributed by atoms with Crippen LogP contribution in [0.25, 0.3) is 76.7 Å². The molecule has 220 valence electrons. The van der Waals surface area contributed by atoms with E-state index in [0.717, 1.165) is 93.7 Å². The first-order chi connectivity index (χ1) is 23.3. The molecule has 47 heavy (non-hydrogen) atoms. The van der Waals surface area contributed by atoms with Gasteiger partial charge in [-0.1, -0.05) is 78.9 Å². The van der Waals surface area contributed by atoms with Crippen LogP contribution in [0, 0.1) is 0 Å². The van der Waals surface area contributed by atoms with Crippen LogP contribution in [-0.2, 0) is 0 Å². The maximum Gasteiger partial charge on any atom is 0.143 e. The summed E-state index contributed by atoms with van der Waals surface area (Å²) in [6, 6.07) is 53.1. The van der Waals surface area contributed by atoms with Gasteiger partial charge in [-0.25, -0.2) is 0 Å². The number of hydrogen-bond donors (Lipinski definition) is 0. The van der Waals surface area contributed by atoms with Gasteiger partial charge in [0, 0.05) is 61.1 Å². The van der Waals surface area contributed by atoms with E-state index in [-0.39, 0.29) is 0 Å². The molecule has 0 fully saturated rings. The van der Waals surface area contributed by atoms with Gasteiger partial charge in [0.25, 0.3) is 0 Å². The molecule has 10 rings (SSSR count). The van der Waals surface area contributed by atoms with E-state index in [0.29, 0.717) is 0 Å². The fourth-order valence-electron chi connectivity index (χ4n) is 7.02. The Morgan fingerprint density at radius 3 is 1.47 bits per heavy atom. The van der Waals surface area contributed by atoms with Gasteiger partial charge < -0.3 is 13.7 Å². The molecule has 3 heterocycles. The third-order valence-electron chi connectivity index (χ3n) is 9.29. The average Bonchev–Trinajstić information content (AvgIpc) is 3.72. The number of nitrogens with zero attached hydrogens (tertiary/aromatic N) is 2.